The van der Waals surface area contributed by atoms with Crippen LogP contribution in [0.2, 0.25) is 5.02 Å². The first kappa shape index (κ1) is 12.3. The van der Waals surface area contributed by atoms with E-state index in [1.54, 1.807) is 0 Å². The Labute approximate surface area is 95.8 Å². The van der Waals surface area contributed by atoms with Crippen LogP contribution >= 0.6 is 11.6 Å². The van der Waals surface area contributed by atoms with Crippen LogP contribution in [0.5, 0.6) is 0 Å². The Morgan fingerprint density at radius 2 is 2.12 bits per heavy atom. The van der Waals surface area contributed by atoms with Crippen molar-refractivity contribution < 1.29 is 14.0 Å². The summed E-state index contributed by atoms with van der Waals surface area (Å²) >= 11 is 5.52. The van der Waals surface area contributed by atoms with Gasteiger partial charge in [-0.25, -0.2) is 9.18 Å². The minimum Gasteiger partial charge on any atom is -0.374 e. The Kier molecular flexibility index (Phi) is 4.07. The maximum Gasteiger partial charge on any atom is 0.318 e. The number of hydrogen-bond donors (Lipinski definition) is 3. The third kappa shape index (κ3) is 3.39. The van der Waals surface area contributed by atoms with Crippen LogP contribution in [0.3, 0.4) is 0 Å². The van der Waals surface area contributed by atoms with E-state index in [1.807, 2.05) is 5.32 Å². The number of nitrogens with two attached hydrogens (primary N) is 1. The standard InChI is InChI=1S/C9H9ClFN3O2/c10-5-2-1-3-6(8(5)11)13-4-7(15)14-9(12)16/h1-3,13H,4H2,(H3,12,14,15,16). The minimum atomic E-state index is -0.960. The molecule has 0 unspecified atom stereocenters. The second kappa shape index (κ2) is 5.32. The zero-order valence-corrected chi connectivity index (χ0v) is 8.84. The first-order valence-electron chi connectivity index (χ1n) is 4.28. The summed E-state index contributed by atoms with van der Waals surface area (Å²) in [6.07, 6.45) is 0. The van der Waals surface area contributed by atoms with Gasteiger partial charge < -0.3 is 11.1 Å². The summed E-state index contributed by atoms with van der Waals surface area (Å²) in [7, 11) is 0. The van der Waals surface area contributed by atoms with Crippen molar-refractivity contribution in [2.75, 3.05) is 11.9 Å². The number of carbonyl (C=O) groups excluding carboxylic acids is 2. The van der Waals surface area contributed by atoms with Gasteiger partial charge in [0.2, 0.25) is 5.91 Å². The molecule has 86 valence electrons. The molecule has 0 saturated heterocycles. The Hall–Kier alpha value is -1.82. The highest BCUT2D eigenvalue weighted by atomic mass is 35.5. The average molecular weight is 246 g/mol. The molecule has 3 amide bonds. The molecule has 0 bridgehead atoms. The van der Waals surface area contributed by atoms with Crippen LogP contribution in [0.25, 0.3) is 0 Å². The molecular weight excluding hydrogens is 237 g/mol. The van der Waals surface area contributed by atoms with Crippen molar-refractivity contribution in [1.29, 1.82) is 0 Å². The van der Waals surface area contributed by atoms with Gasteiger partial charge in [0.15, 0.2) is 5.82 Å². The van der Waals surface area contributed by atoms with E-state index >= 15 is 0 Å². The van der Waals surface area contributed by atoms with Crippen LogP contribution in [0.15, 0.2) is 18.2 Å². The lowest BCUT2D eigenvalue weighted by Gasteiger charge is -2.07. The van der Waals surface area contributed by atoms with Gasteiger partial charge in [0.1, 0.15) is 0 Å². The molecule has 16 heavy (non-hydrogen) atoms. The summed E-state index contributed by atoms with van der Waals surface area (Å²) < 4.78 is 13.3. The molecule has 0 aromatic heterocycles. The van der Waals surface area contributed by atoms with Crippen molar-refractivity contribution in [2.45, 2.75) is 0 Å². The van der Waals surface area contributed by atoms with Crippen LogP contribution in [-0.4, -0.2) is 18.5 Å². The van der Waals surface area contributed by atoms with Crippen molar-refractivity contribution in [2.24, 2.45) is 5.73 Å². The lowest BCUT2D eigenvalue weighted by Crippen LogP contribution is -2.38. The molecule has 4 N–H and O–H groups in total. The fourth-order valence-corrected chi connectivity index (χ4v) is 1.17. The van der Waals surface area contributed by atoms with E-state index in [4.69, 9.17) is 17.3 Å². The molecule has 0 atom stereocenters. The van der Waals surface area contributed by atoms with Crippen LogP contribution in [0.4, 0.5) is 14.9 Å². The van der Waals surface area contributed by atoms with E-state index in [-0.39, 0.29) is 17.3 Å². The predicted octanol–water partition coefficient (Wildman–Crippen LogP) is 1.09. The normalized spacial score (nSPS) is 9.62. The number of imide groups is 1. The maximum absolute atomic E-state index is 13.3. The number of urea groups is 1. The number of anilines is 1. The van der Waals surface area contributed by atoms with Crippen LogP contribution in [0.1, 0.15) is 0 Å². The Balaban J connectivity index is 2.58. The molecule has 0 fully saturated rings. The molecule has 0 aliphatic rings. The first-order valence-corrected chi connectivity index (χ1v) is 4.65. The number of halogens is 2. The van der Waals surface area contributed by atoms with Crippen molar-refractivity contribution in [1.82, 2.24) is 5.32 Å². The van der Waals surface area contributed by atoms with Crippen molar-refractivity contribution in [3.05, 3.63) is 29.0 Å². The Morgan fingerprint density at radius 1 is 1.44 bits per heavy atom. The number of rotatable bonds is 3. The molecule has 0 saturated carbocycles. The van der Waals surface area contributed by atoms with Crippen LogP contribution in [-0.2, 0) is 4.79 Å². The highest BCUT2D eigenvalue weighted by Gasteiger charge is 2.08. The molecule has 1 rings (SSSR count). The third-order valence-electron chi connectivity index (χ3n) is 1.65. The van der Waals surface area contributed by atoms with Gasteiger partial charge in [-0.3, -0.25) is 10.1 Å². The summed E-state index contributed by atoms with van der Waals surface area (Å²) in [5, 5.41) is 4.25. The van der Waals surface area contributed by atoms with Crippen LogP contribution in [0, 0.1) is 5.82 Å². The van der Waals surface area contributed by atoms with E-state index < -0.39 is 17.8 Å². The molecule has 0 spiro atoms. The summed E-state index contributed by atoms with van der Waals surface area (Å²) in [6, 6.07) is 3.36. The van der Waals surface area contributed by atoms with Gasteiger partial charge in [0.25, 0.3) is 0 Å². The molecule has 0 radical (unpaired) electrons. The Bertz CT molecular complexity index is 425. The van der Waals surface area contributed by atoms with Crippen molar-refractivity contribution in [3.63, 3.8) is 0 Å². The molecule has 7 heteroatoms. The van der Waals surface area contributed by atoms with Gasteiger partial charge in [0, 0.05) is 0 Å². The van der Waals surface area contributed by atoms with E-state index in [9.17, 15) is 14.0 Å². The molecular formula is C9H9ClFN3O2. The summed E-state index contributed by atoms with van der Waals surface area (Å²) in [5.74, 6) is -1.32. The quantitative estimate of drug-likeness (QED) is 0.745. The maximum atomic E-state index is 13.3. The topological polar surface area (TPSA) is 84.2 Å². The largest absolute Gasteiger partial charge is 0.374 e. The monoisotopic (exact) mass is 245 g/mol. The fourth-order valence-electron chi connectivity index (χ4n) is 0.997. The minimum absolute atomic E-state index is 0.0553. The second-order valence-electron chi connectivity index (χ2n) is 2.87. The number of primary amides is 1. The number of amides is 3. The van der Waals surface area contributed by atoms with Gasteiger partial charge in [-0.2, -0.15) is 0 Å². The second-order valence-corrected chi connectivity index (χ2v) is 3.27. The van der Waals surface area contributed by atoms with E-state index in [1.165, 1.54) is 18.2 Å². The third-order valence-corrected chi connectivity index (χ3v) is 1.95. The van der Waals surface area contributed by atoms with Crippen molar-refractivity contribution in [3.8, 4) is 0 Å². The average Bonchev–Trinajstić information content (AvgIpc) is 2.19. The first-order chi connectivity index (χ1) is 7.50. The highest BCUT2D eigenvalue weighted by Crippen LogP contribution is 2.21. The van der Waals surface area contributed by atoms with Gasteiger partial charge in [0.05, 0.1) is 17.3 Å². The number of carbonyl (C=O) groups is 2. The highest BCUT2D eigenvalue weighted by molar-refractivity contribution is 6.31. The van der Waals surface area contributed by atoms with E-state index in [0.29, 0.717) is 0 Å². The molecule has 1 aromatic carbocycles. The van der Waals surface area contributed by atoms with Gasteiger partial charge in [-0.15, -0.1) is 0 Å². The SMILES string of the molecule is NC(=O)NC(=O)CNc1cccc(Cl)c1F. The van der Waals surface area contributed by atoms with Gasteiger partial charge in [-0.05, 0) is 12.1 Å². The van der Waals surface area contributed by atoms with Gasteiger partial charge >= 0.3 is 6.03 Å². The summed E-state index contributed by atoms with van der Waals surface area (Å²) in [6.45, 7) is -0.278. The summed E-state index contributed by atoms with van der Waals surface area (Å²) in [5.41, 5.74) is 4.80. The molecule has 5 nitrogen and oxygen atoms in total. The van der Waals surface area contributed by atoms with E-state index in [0.717, 1.165) is 0 Å². The Morgan fingerprint density at radius 3 is 2.75 bits per heavy atom. The molecule has 0 aliphatic heterocycles. The van der Waals surface area contributed by atoms with Crippen LogP contribution < -0.4 is 16.4 Å². The van der Waals surface area contributed by atoms with E-state index in [2.05, 4.69) is 5.32 Å². The fraction of sp³-hybridized carbons (Fsp3) is 0.111. The zero-order valence-electron chi connectivity index (χ0n) is 8.09. The number of nitrogens with one attached hydrogen (secondary N) is 2. The number of hydrogen-bond acceptors (Lipinski definition) is 3. The lowest BCUT2D eigenvalue weighted by molar-refractivity contribution is -0.118. The summed E-state index contributed by atoms with van der Waals surface area (Å²) in [4.78, 5) is 21.3. The predicted molar refractivity (Wildman–Crippen MR) is 57.6 cm³/mol. The molecule has 0 heterocycles. The van der Waals surface area contributed by atoms with Gasteiger partial charge in [-0.1, -0.05) is 17.7 Å². The molecule has 1 aromatic rings. The lowest BCUT2D eigenvalue weighted by atomic mass is 10.3. The zero-order chi connectivity index (χ0) is 12.1. The smallest absolute Gasteiger partial charge is 0.318 e. The van der Waals surface area contributed by atoms with Crippen molar-refractivity contribution >= 4 is 29.2 Å². The molecule has 0 aliphatic carbocycles. The number of benzene rings is 1.